The predicted molar refractivity (Wildman–Crippen MR) is 168 cm³/mol. The number of hydrogen-bond donors (Lipinski definition) is 2. The highest BCUT2D eigenvalue weighted by Crippen LogP contribution is 2.42. The minimum Gasteiger partial charge on any atom is -0.444 e. The van der Waals surface area contributed by atoms with Crippen molar-refractivity contribution in [2.45, 2.75) is 92.0 Å². The molecule has 0 bridgehead atoms. The number of carbonyl (C=O) groups excluding carboxylic acids is 3. The van der Waals surface area contributed by atoms with E-state index >= 15 is 0 Å². The first-order valence-electron chi connectivity index (χ1n) is 15.0. The molecule has 0 aliphatic heterocycles. The van der Waals surface area contributed by atoms with E-state index in [1.165, 1.54) is 0 Å². The predicted octanol–water partition coefficient (Wildman–Crippen LogP) is 7.31. The zero-order valence-corrected chi connectivity index (χ0v) is 26.2. The lowest BCUT2D eigenvalue weighted by atomic mass is 9.92. The van der Waals surface area contributed by atoms with Gasteiger partial charge in [-0.25, -0.2) is 4.79 Å². The summed E-state index contributed by atoms with van der Waals surface area (Å²) >= 11 is 0. The van der Waals surface area contributed by atoms with Crippen LogP contribution in [0.2, 0.25) is 0 Å². The van der Waals surface area contributed by atoms with Crippen molar-refractivity contribution in [2.75, 3.05) is 5.32 Å². The molecule has 5 unspecified atom stereocenters. The molecule has 0 aromatic heterocycles. The first kappa shape index (κ1) is 31.1. The lowest BCUT2D eigenvalue weighted by molar-refractivity contribution is -0.142. The number of fused-ring (bicyclic) bond motifs is 1. The second kappa shape index (κ2) is 12.6. The molecule has 7 heteroatoms. The van der Waals surface area contributed by atoms with Crippen LogP contribution in [-0.2, 0) is 14.3 Å². The van der Waals surface area contributed by atoms with Gasteiger partial charge in [0.1, 0.15) is 17.7 Å². The summed E-state index contributed by atoms with van der Waals surface area (Å²) in [7, 11) is 0. The van der Waals surface area contributed by atoms with E-state index in [0.29, 0.717) is 12.1 Å². The van der Waals surface area contributed by atoms with Crippen molar-refractivity contribution < 1.29 is 19.1 Å². The first-order chi connectivity index (χ1) is 19.8. The number of ether oxygens (including phenoxy) is 1. The van der Waals surface area contributed by atoms with Crippen LogP contribution < -0.4 is 10.6 Å². The summed E-state index contributed by atoms with van der Waals surface area (Å²) in [4.78, 5) is 43.6. The largest absolute Gasteiger partial charge is 0.444 e. The van der Waals surface area contributed by atoms with Gasteiger partial charge < -0.3 is 20.3 Å². The minimum absolute atomic E-state index is 0.128. The Labute approximate surface area is 250 Å². The van der Waals surface area contributed by atoms with Crippen molar-refractivity contribution in [1.82, 2.24) is 10.2 Å². The third-order valence-corrected chi connectivity index (χ3v) is 8.31. The van der Waals surface area contributed by atoms with E-state index in [2.05, 4.69) is 17.6 Å². The molecule has 1 saturated carbocycles. The van der Waals surface area contributed by atoms with Gasteiger partial charge in [0.2, 0.25) is 5.91 Å². The van der Waals surface area contributed by atoms with Crippen LogP contribution in [0.4, 0.5) is 10.5 Å². The molecule has 1 aliphatic carbocycles. The number of anilines is 1. The molecule has 42 heavy (non-hydrogen) atoms. The van der Waals surface area contributed by atoms with E-state index in [9.17, 15) is 14.4 Å². The third kappa shape index (κ3) is 7.12. The molecule has 0 spiro atoms. The average molecular weight is 572 g/mol. The topological polar surface area (TPSA) is 87.7 Å². The fourth-order valence-electron chi connectivity index (χ4n) is 5.42. The number of hydrogen-bond acceptors (Lipinski definition) is 4. The van der Waals surface area contributed by atoms with E-state index in [4.69, 9.17) is 4.74 Å². The van der Waals surface area contributed by atoms with E-state index < -0.39 is 23.8 Å². The molecule has 1 fully saturated rings. The van der Waals surface area contributed by atoms with Crippen LogP contribution in [0.15, 0.2) is 60.7 Å². The number of carbonyl (C=O) groups is 3. The smallest absolute Gasteiger partial charge is 0.408 e. The van der Waals surface area contributed by atoms with E-state index in [1.54, 1.807) is 25.7 Å². The Morgan fingerprint density at radius 3 is 2.29 bits per heavy atom. The molecule has 4 rings (SSSR count). The maximum absolute atomic E-state index is 14.6. The summed E-state index contributed by atoms with van der Waals surface area (Å²) < 4.78 is 5.53. The molecule has 224 valence electrons. The molecule has 0 heterocycles. The second-order valence-electron chi connectivity index (χ2n) is 12.8. The van der Waals surface area contributed by atoms with Gasteiger partial charge in [0, 0.05) is 11.7 Å². The van der Waals surface area contributed by atoms with Crippen molar-refractivity contribution in [1.29, 1.82) is 0 Å². The zero-order chi connectivity index (χ0) is 30.8. The van der Waals surface area contributed by atoms with Gasteiger partial charge in [-0.05, 0) is 92.5 Å². The SMILES string of the molecule is CCC(C)C(NC(=O)OC(C)(C)C)C(=O)N(C(C(=O)Nc1ccc2ccccc2c1)c1cccc(C)c1C)C1CC1C. The molecule has 3 amide bonds. The molecule has 3 aromatic carbocycles. The monoisotopic (exact) mass is 571 g/mol. The van der Waals surface area contributed by atoms with Gasteiger partial charge >= 0.3 is 6.09 Å². The van der Waals surface area contributed by atoms with Crippen LogP contribution in [0.5, 0.6) is 0 Å². The third-order valence-electron chi connectivity index (χ3n) is 8.31. The minimum atomic E-state index is -0.884. The van der Waals surface area contributed by atoms with Gasteiger partial charge in [-0.15, -0.1) is 0 Å². The Balaban J connectivity index is 1.77. The van der Waals surface area contributed by atoms with Crippen LogP contribution in [0, 0.1) is 25.7 Å². The Kier molecular flexibility index (Phi) is 9.29. The molecular formula is C35H45N3O4. The molecule has 5 atom stereocenters. The summed E-state index contributed by atoms with van der Waals surface area (Å²) in [6.07, 6.45) is 0.808. The Morgan fingerprint density at radius 1 is 1.00 bits per heavy atom. The number of amides is 3. The molecule has 3 aromatic rings. The lowest BCUT2D eigenvalue weighted by Crippen LogP contribution is -2.55. The van der Waals surface area contributed by atoms with Crippen molar-refractivity contribution in [2.24, 2.45) is 11.8 Å². The first-order valence-corrected chi connectivity index (χ1v) is 15.0. The maximum atomic E-state index is 14.6. The molecule has 0 radical (unpaired) electrons. The van der Waals surface area contributed by atoms with Crippen molar-refractivity contribution in [3.8, 4) is 0 Å². The van der Waals surface area contributed by atoms with Gasteiger partial charge in [-0.2, -0.15) is 0 Å². The van der Waals surface area contributed by atoms with Crippen molar-refractivity contribution in [3.63, 3.8) is 0 Å². The van der Waals surface area contributed by atoms with Gasteiger partial charge in [-0.3, -0.25) is 9.59 Å². The molecule has 2 N–H and O–H groups in total. The molecule has 1 aliphatic rings. The van der Waals surface area contributed by atoms with Crippen molar-refractivity contribution >= 4 is 34.4 Å². The molecule has 0 saturated heterocycles. The summed E-state index contributed by atoms with van der Waals surface area (Å²) in [6, 6.07) is 17.8. The Morgan fingerprint density at radius 2 is 1.67 bits per heavy atom. The number of benzene rings is 3. The number of nitrogens with zero attached hydrogens (tertiary/aromatic N) is 1. The van der Waals surface area contributed by atoms with E-state index in [-0.39, 0.29) is 29.7 Å². The van der Waals surface area contributed by atoms with Gasteiger partial charge in [0.25, 0.3) is 5.91 Å². The molecular weight excluding hydrogens is 526 g/mol. The van der Waals surface area contributed by atoms with E-state index in [1.807, 2.05) is 88.4 Å². The van der Waals surface area contributed by atoms with Crippen LogP contribution in [-0.4, -0.2) is 40.5 Å². The number of aryl methyl sites for hydroxylation is 1. The number of nitrogens with one attached hydrogen (secondary N) is 2. The highest BCUT2D eigenvalue weighted by atomic mass is 16.6. The summed E-state index contributed by atoms with van der Waals surface area (Å²) in [5, 5.41) is 8.07. The Hall–Kier alpha value is -3.87. The molecule has 7 nitrogen and oxygen atoms in total. The highest BCUT2D eigenvalue weighted by molar-refractivity contribution is 6.01. The summed E-state index contributed by atoms with van der Waals surface area (Å²) in [6.45, 7) is 15.4. The fourth-order valence-corrected chi connectivity index (χ4v) is 5.42. The van der Waals surface area contributed by atoms with Gasteiger partial charge in [0.15, 0.2) is 0 Å². The van der Waals surface area contributed by atoms with Crippen molar-refractivity contribution in [3.05, 3.63) is 77.4 Å². The van der Waals surface area contributed by atoms with E-state index in [0.717, 1.165) is 33.9 Å². The average Bonchev–Trinajstić information content (AvgIpc) is 3.65. The van der Waals surface area contributed by atoms with Crippen LogP contribution in [0.25, 0.3) is 10.8 Å². The standard InChI is InChI=1S/C35H45N3O4/c1-9-21(2)30(37-34(41)42-35(6,7)8)33(40)38(29-19-23(29)4)31(28-16-12-13-22(3)24(28)5)32(39)36-27-18-17-25-14-10-11-15-26(25)20-27/h10-18,20-21,23,29-31H,9,19H2,1-8H3,(H,36,39)(H,37,41). The maximum Gasteiger partial charge on any atom is 0.408 e. The normalized spacial score (nSPS) is 18.5. The lowest BCUT2D eigenvalue weighted by Gasteiger charge is -2.37. The van der Waals surface area contributed by atoms with Gasteiger partial charge in [-0.1, -0.05) is 75.7 Å². The van der Waals surface area contributed by atoms with Gasteiger partial charge in [0.05, 0.1) is 0 Å². The zero-order valence-electron chi connectivity index (χ0n) is 26.2. The van der Waals surface area contributed by atoms with Crippen LogP contribution >= 0.6 is 0 Å². The second-order valence-corrected chi connectivity index (χ2v) is 12.8. The quantitative estimate of drug-likeness (QED) is 0.282. The fraction of sp³-hybridized carbons (Fsp3) is 0.457. The number of alkyl carbamates (subject to hydrolysis) is 1. The Bertz CT molecular complexity index is 1460. The van der Waals surface area contributed by atoms with Crippen LogP contribution in [0.1, 0.15) is 77.1 Å². The van der Waals surface area contributed by atoms with Crippen LogP contribution in [0.3, 0.4) is 0 Å². The highest BCUT2D eigenvalue weighted by Gasteiger charge is 2.49. The number of rotatable bonds is 9. The summed E-state index contributed by atoms with van der Waals surface area (Å²) in [5.74, 6) is -0.505. The summed E-state index contributed by atoms with van der Waals surface area (Å²) in [5.41, 5.74) is 2.73.